The lowest BCUT2D eigenvalue weighted by Crippen LogP contribution is -2.38. The van der Waals surface area contributed by atoms with Gasteiger partial charge in [-0.25, -0.2) is 0 Å². The van der Waals surface area contributed by atoms with E-state index in [0.717, 1.165) is 0 Å². The van der Waals surface area contributed by atoms with Gasteiger partial charge in [-0.3, -0.25) is 9.59 Å². The minimum Gasteiger partial charge on any atom is -0.441 e. The minimum atomic E-state index is -0.741. The summed E-state index contributed by atoms with van der Waals surface area (Å²) in [7, 11) is 0. The third-order valence-corrected chi connectivity index (χ3v) is 2.36. The first kappa shape index (κ1) is 9.71. The van der Waals surface area contributed by atoms with Crippen LogP contribution in [0, 0.1) is 0 Å². The molecule has 0 saturated heterocycles. The Morgan fingerprint density at radius 1 is 1.33 bits per heavy atom. The lowest BCUT2D eigenvalue weighted by molar-refractivity contribution is -0.136. The third-order valence-electron chi connectivity index (χ3n) is 2.36. The van der Waals surface area contributed by atoms with Crippen molar-refractivity contribution in [2.75, 3.05) is 0 Å². The first-order valence-electron chi connectivity index (χ1n) is 4.75. The molecule has 1 N–H and O–H groups in total. The van der Waals surface area contributed by atoms with E-state index in [9.17, 15) is 9.59 Å². The van der Waals surface area contributed by atoms with Crippen LogP contribution in [-0.2, 0) is 9.53 Å². The lowest BCUT2D eigenvalue weighted by atomic mass is 10.2. The summed E-state index contributed by atoms with van der Waals surface area (Å²) < 4.78 is 4.82. The van der Waals surface area contributed by atoms with Gasteiger partial charge >= 0.3 is 0 Å². The Morgan fingerprint density at radius 3 is 2.53 bits per heavy atom. The van der Waals surface area contributed by atoms with Crippen LogP contribution in [0.4, 0.5) is 0 Å². The predicted molar refractivity (Wildman–Crippen MR) is 53.0 cm³/mol. The maximum Gasteiger partial charge on any atom is 0.295 e. The van der Waals surface area contributed by atoms with Crippen molar-refractivity contribution in [3.8, 4) is 0 Å². The molecule has 0 heterocycles. The van der Waals surface area contributed by atoms with Gasteiger partial charge in [-0.15, -0.1) is 0 Å². The van der Waals surface area contributed by atoms with Crippen molar-refractivity contribution < 1.29 is 14.3 Å². The SMILES string of the molecule is O=COC1(NC(=O)c2ccccc2)CC1. The van der Waals surface area contributed by atoms with Crippen molar-refractivity contribution in [3.63, 3.8) is 0 Å². The molecule has 0 aromatic heterocycles. The summed E-state index contributed by atoms with van der Waals surface area (Å²) in [5, 5.41) is 2.69. The number of hydrogen-bond acceptors (Lipinski definition) is 3. The van der Waals surface area contributed by atoms with E-state index >= 15 is 0 Å². The molecule has 1 fully saturated rings. The highest BCUT2D eigenvalue weighted by Gasteiger charge is 2.46. The van der Waals surface area contributed by atoms with E-state index in [1.165, 1.54) is 0 Å². The summed E-state index contributed by atoms with van der Waals surface area (Å²) in [4.78, 5) is 21.9. The van der Waals surface area contributed by atoms with Crippen LogP contribution in [0.15, 0.2) is 30.3 Å². The van der Waals surface area contributed by atoms with Gasteiger partial charge in [-0.1, -0.05) is 18.2 Å². The Labute approximate surface area is 87.2 Å². The van der Waals surface area contributed by atoms with Crippen LogP contribution in [0.5, 0.6) is 0 Å². The molecule has 2 rings (SSSR count). The molecule has 78 valence electrons. The third kappa shape index (κ3) is 2.15. The molecule has 4 heteroatoms. The Bertz CT molecular complexity index is 371. The van der Waals surface area contributed by atoms with Crippen molar-refractivity contribution in [3.05, 3.63) is 35.9 Å². The van der Waals surface area contributed by atoms with Gasteiger partial charge in [0.1, 0.15) is 0 Å². The number of carbonyl (C=O) groups excluding carboxylic acids is 2. The van der Waals surface area contributed by atoms with Gasteiger partial charge in [0.15, 0.2) is 5.72 Å². The van der Waals surface area contributed by atoms with Crippen LogP contribution in [0.2, 0.25) is 0 Å². The molecule has 1 saturated carbocycles. The molecule has 0 atom stereocenters. The van der Waals surface area contributed by atoms with E-state index < -0.39 is 5.72 Å². The molecule has 4 nitrogen and oxygen atoms in total. The highest BCUT2D eigenvalue weighted by molar-refractivity contribution is 5.94. The first-order chi connectivity index (χ1) is 7.26. The van der Waals surface area contributed by atoms with Gasteiger partial charge < -0.3 is 10.1 Å². The number of hydrogen-bond donors (Lipinski definition) is 1. The second-order valence-corrected chi connectivity index (χ2v) is 3.53. The van der Waals surface area contributed by atoms with E-state index in [1.807, 2.05) is 6.07 Å². The van der Waals surface area contributed by atoms with Crippen molar-refractivity contribution in [1.82, 2.24) is 5.32 Å². The van der Waals surface area contributed by atoms with Gasteiger partial charge in [-0.05, 0) is 12.1 Å². The summed E-state index contributed by atoms with van der Waals surface area (Å²) in [6.07, 6.45) is 1.37. The zero-order valence-corrected chi connectivity index (χ0v) is 8.10. The number of benzene rings is 1. The Kier molecular flexibility index (Phi) is 2.41. The van der Waals surface area contributed by atoms with Crippen LogP contribution in [0.1, 0.15) is 23.2 Å². The minimum absolute atomic E-state index is 0.213. The largest absolute Gasteiger partial charge is 0.441 e. The van der Waals surface area contributed by atoms with E-state index in [-0.39, 0.29) is 5.91 Å². The molecule has 0 aliphatic heterocycles. The fraction of sp³-hybridized carbons (Fsp3) is 0.273. The van der Waals surface area contributed by atoms with Gasteiger partial charge in [0.2, 0.25) is 0 Å². The second kappa shape index (κ2) is 3.73. The normalized spacial score (nSPS) is 16.5. The average molecular weight is 205 g/mol. The van der Waals surface area contributed by atoms with Crippen LogP contribution in [-0.4, -0.2) is 18.1 Å². The molecule has 1 amide bonds. The molecular weight excluding hydrogens is 194 g/mol. The first-order valence-corrected chi connectivity index (χ1v) is 4.75. The van der Waals surface area contributed by atoms with Crippen molar-refractivity contribution >= 4 is 12.4 Å². The number of nitrogens with one attached hydrogen (secondary N) is 1. The highest BCUT2D eigenvalue weighted by Crippen LogP contribution is 2.36. The average Bonchev–Trinajstić information content (AvgIpc) is 3.00. The number of rotatable bonds is 4. The number of amides is 1. The van der Waals surface area contributed by atoms with Gasteiger partial charge in [-0.2, -0.15) is 0 Å². The number of carbonyl (C=O) groups is 2. The van der Waals surface area contributed by atoms with Crippen LogP contribution >= 0.6 is 0 Å². The maximum atomic E-state index is 11.7. The molecule has 0 unspecified atom stereocenters. The van der Waals surface area contributed by atoms with Gasteiger partial charge in [0, 0.05) is 18.4 Å². The summed E-state index contributed by atoms with van der Waals surface area (Å²) >= 11 is 0. The molecule has 0 bridgehead atoms. The fourth-order valence-corrected chi connectivity index (χ4v) is 1.35. The zero-order valence-electron chi connectivity index (χ0n) is 8.10. The summed E-state index contributed by atoms with van der Waals surface area (Å²) in [6, 6.07) is 8.84. The second-order valence-electron chi connectivity index (χ2n) is 3.53. The molecule has 0 radical (unpaired) electrons. The molecule has 1 aliphatic carbocycles. The Balaban J connectivity index is 2.01. The van der Waals surface area contributed by atoms with Crippen molar-refractivity contribution in [1.29, 1.82) is 0 Å². The highest BCUT2D eigenvalue weighted by atomic mass is 16.6. The van der Waals surface area contributed by atoms with Crippen LogP contribution in [0.3, 0.4) is 0 Å². The lowest BCUT2D eigenvalue weighted by Gasteiger charge is -2.14. The predicted octanol–water partition coefficient (Wildman–Crippen LogP) is 1.08. The monoisotopic (exact) mass is 205 g/mol. The van der Waals surface area contributed by atoms with Crippen LogP contribution in [0.25, 0.3) is 0 Å². The van der Waals surface area contributed by atoms with Gasteiger partial charge in [0.25, 0.3) is 12.4 Å². The zero-order chi connectivity index (χ0) is 10.7. The van der Waals surface area contributed by atoms with Crippen LogP contribution < -0.4 is 5.32 Å². The van der Waals surface area contributed by atoms with Crippen molar-refractivity contribution in [2.45, 2.75) is 18.6 Å². The van der Waals surface area contributed by atoms with Crippen molar-refractivity contribution in [2.24, 2.45) is 0 Å². The molecule has 15 heavy (non-hydrogen) atoms. The maximum absolute atomic E-state index is 11.7. The summed E-state index contributed by atoms with van der Waals surface area (Å²) in [5.74, 6) is -0.213. The topological polar surface area (TPSA) is 55.4 Å². The standard InChI is InChI=1S/C11H11NO3/c13-8-15-11(6-7-11)12-10(14)9-4-2-1-3-5-9/h1-5,8H,6-7H2,(H,12,14). The van der Waals surface area contributed by atoms with E-state index in [1.54, 1.807) is 24.3 Å². The Hall–Kier alpha value is -1.84. The number of ether oxygens (including phenoxy) is 1. The van der Waals surface area contributed by atoms with Gasteiger partial charge in [0.05, 0.1) is 0 Å². The molecule has 1 aromatic carbocycles. The van der Waals surface area contributed by atoms with E-state index in [0.29, 0.717) is 24.9 Å². The smallest absolute Gasteiger partial charge is 0.295 e. The summed E-state index contributed by atoms with van der Waals surface area (Å²) in [6.45, 7) is 0.373. The Morgan fingerprint density at radius 2 is 2.00 bits per heavy atom. The van der Waals surface area contributed by atoms with E-state index in [4.69, 9.17) is 4.74 Å². The quantitative estimate of drug-likeness (QED) is 0.591. The molecule has 1 aliphatic rings. The van der Waals surface area contributed by atoms with E-state index in [2.05, 4.69) is 5.32 Å². The molecule has 1 aromatic rings. The molecule has 0 spiro atoms. The molecular formula is C11H11NO3. The summed E-state index contributed by atoms with van der Waals surface area (Å²) in [5.41, 5.74) is -0.174. The fourth-order valence-electron chi connectivity index (χ4n) is 1.35.